The summed E-state index contributed by atoms with van der Waals surface area (Å²) in [5.74, 6) is 2.62. The largest absolute Gasteiger partial charge is 0.348 e. The molecular formula is C18H15N3OS. The smallest absolute Gasteiger partial charge is 0.306 e. The fourth-order valence-corrected chi connectivity index (χ4v) is 3.40. The molecule has 0 saturated heterocycles. The molecule has 23 heavy (non-hydrogen) atoms. The van der Waals surface area contributed by atoms with Gasteiger partial charge in [-0.2, -0.15) is 4.99 Å². The van der Waals surface area contributed by atoms with Gasteiger partial charge >= 0.3 is 6.03 Å². The number of nitrogens with one attached hydrogen (secondary N) is 1. The summed E-state index contributed by atoms with van der Waals surface area (Å²) in [6.07, 6.45) is 5.46. The first kappa shape index (κ1) is 15.1. The number of aryl methyl sites for hydroxylation is 1. The highest BCUT2D eigenvalue weighted by Crippen LogP contribution is 2.18. The first-order chi connectivity index (χ1) is 11.2. The number of thiazole rings is 1. The van der Waals surface area contributed by atoms with Gasteiger partial charge in [-0.25, -0.2) is 4.79 Å². The summed E-state index contributed by atoms with van der Waals surface area (Å²) in [6, 6.07) is 14.9. The summed E-state index contributed by atoms with van der Waals surface area (Å²) in [5.41, 5.74) is 2.86. The maximum Gasteiger partial charge on any atom is 0.348 e. The van der Waals surface area contributed by atoms with E-state index in [0.717, 1.165) is 15.8 Å². The van der Waals surface area contributed by atoms with E-state index in [0.29, 0.717) is 17.0 Å². The third-order valence-electron chi connectivity index (χ3n) is 3.31. The molecule has 0 aliphatic heterocycles. The van der Waals surface area contributed by atoms with Crippen LogP contribution in [-0.2, 0) is 6.54 Å². The summed E-state index contributed by atoms with van der Waals surface area (Å²) in [4.78, 5) is 16.9. The number of nitrogens with zero attached hydrogens (tertiary/aromatic N) is 2. The van der Waals surface area contributed by atoms with Crippen LogP contribution >= 0.6 is 11.3 Å². The van der Waals surface area contributed by atoms with Gasteiger partial charge in [0.05, 0.1) is 16.8 Å². The minimum absolute atomic E-state index is 0.376. The molecule has 0 fully saturated rings. The van der Waals surface area contributed by atoms with E-state index in [4.69, 9.17) is 6.42 Å². The summed E-state index contributed by atoms with van der Waals surface area (Å²) in [6.45, 7) is 2.41. The molecule has 5 heteroatoms. The lowest BCUT2D eigenvalue weighted by molar-refractivity contribution is 0.259. The van der Waals surface area contributed by atoms with Gasteiger partial charge in [-0.05, 0) is 36.8 Å². The first-order valence-corrected chi connectivity index (χ1v) is 7.93. The molecule has 0 radical (unpaired) electrons. The van der Waals surface area contributed by atoms with Crippen LogP contribution in [0.4, 0.5) is 10.5 Å². The van der Waals surface area contributed by atoms with Gasteiger partial charge in [0.1, 0.15) is 0 Å². The van der Waals surface area contributed by atoms with Crippen molar-refractivity contribution in [1.82, 2.24) is 4.57 Å². The second-order valence-electron chi connectivity index (χ2n) is 5.05. The Balaban J connectivity index is 2.02. The van der Waals surface area contributed by atoms with E-state index in [-0.39, 0.29) is 0 Å². The molecule has 1 heterocycles. The second kappa shape index (κ2) is 6.51. The number of aromatic nitrogens is 1. The van der Waals surface area contributed by atoms with E-state index >= 15 is 0 Å². The fourth-order valence-electron chi connectivity index (χ4n) is 2.27. The number of terminal acetylenes is 1. The van der Waals surface area contributed by atoms with Crippen LogP contribution in [-0.4, -0.2) is 10.6 Å². The number of carbonyl (C=O) groups excluding carboxylic acids is 1. The summed E-state index contributed by atoms with van der Waals surface area (Å²) >= 11 is 1.46. The maximum atomic E-state index is 12.1. The highest BCUT2D eigenvalue weighted by atomic mass is 32.1. The monoisotopic (exact) mass is 321 g/mol. The normalized spacial score (nSPS) is 11.4. The highest BCUT2D eigenvalue weighted by molar-refractivity contribution is 7.16. The lowest BCUT2D eigenvalue weighted by atomic mass is 10.2. The fraction of sp³-hybridized carbons (Fsp3) is 0.111. The molecule has 1 aromatic heterocycles. The van der Waals surface area contributed by atoms with Crippen LogP contribution in [0, 0.1) is 19.3 Å². The van der Waals surface area contributed by atoms with Crippen molar-refractivity contribution in [2.45, 2.75) is 13.5 Å². The molecule has 0 aliphatic carbocycles. The number of fused-ring (bicyclic) bond motifs is 1. The van der Waals surface area contributed by atoms with Crippen LogP contribution in [0.5, 0.6) is 0 Å². The first-order valence-electron chi connectivity index (χ1n) is 7.11. The number of para-hydroxylation sites is 1. The Labute approximate surface area is 138 Å². The van der Waals surface area contributed by atoms with Crippen LogP contribution in [0.25, 0.3) is 10.2 Å². The van der Waals surface area contributed by atoms with Gasteiger partial charge in [-0.3, -0.25) is 0 Å². The molecule has 3 rings (SSSR count). The third kappa shape index (κ3) is 3.33. The quantitative estimate of drug-likeness (QED) is 0.717. The number of benzene rings is 2. The SMILES string of the molecule is C#CCn1/c(=N\C(=O)Nc2ccccc2)sc2cc(C)ccc21. The van der Waals surface area contributed by atoms with Gasteiger partial charge < -0.3 is 9.88 Å². The molecule has 0 saturated carbocycles. The zero-order chi connectivity index (χ0) is 16.2. The number of anilines is 1. The van der Waals surface area contributed by atoms with Crippen molar-refractivity contribution in [3.05, 3.63) is 58.9 Å². The van der Waals surface area contributed by atoms with Crippen LogP contribution in [0.3, 0.4) is 0 Å². The average molecular weight is 321 g/mol. The molecule has 0 spiro atoms. The number of hydrogen-bond donors (Lipinski definition) is 1. The van der Waals surface area contributed by atoms with Crippen LogP contribution in [0.1, 0.15) is 5.56 Å². The molecule has 1 N–H and O–H groups in total. The third-order valence-corrected chi connectivity index (χ3v) is 4.35. The van der Waals surface area contributed by atoms with Gasteiger partial charge in [0, 0.05) is 5.69 Å². The van der Waals surface area contributed by atoms with Gasteiger partial charge in [0.15, 0.2) is 4.80 Å². The van der Waals surface area contributed by atoms with Crippen LogP contribution < -0.4 is 10.1 Å². The van der Waals surface area contributed by atoms with Crippen molar-refractivity contribution >= 4 is 33.3 Å². The molecule has 0 aliphatic rings. The van der Waals surface area contributed by atoms with E-state index < -0.39 is 6.03 Å². The second-order valence-corrected chi connectivity index (χ2v) is 6.06. The van der Waals surface area contributed by atoms with E-state index in [9.17, 15) is 4.79 Å². The Hall–Kier alpha value is -2.84. The number of amides is 2. The van der Waals surface area contributed by atoms with Crippen molar-refractivity contribution in [3.8, 4) is 12.3 Å². The highest BCUT2D eigenvalue weighted by Gasteiger charge is 2.07. The molecular weight excluding hydrogens is 306 g/mol. The zero-order valence-electron chi connectivity index (χ0n) is 12.6. The topological polar surface area (TPSA) is 46.4 Å². The standard InChI is InChI=1S/C18H15N3OS/c1-3-11-21-15-10-9-13(2)12-16(15)23-18(21)20-17(22)19-14-7-5-4-6-8-14/h1,4-10,12H,11H2,2H3,(H,19,22)/b20-18+. The summed E-state index contributed by atoms with van der Waals surface area (Å²) < 4.78 is 2.94. The maximum absolute atomic E-state index is 12.1. The van der Waals surface area contributed by atoms with Crippen molar-refractivity contribution in [2.24, 2.45) is 4.99 Å². The molecule has 114 valence electrons. The predicted molar refractivity (Wildman–Crippen MR) is 94.4 cm³/mol. The molecule has 0 atom stereocenters. The minimum Gasteiger partial charge on any atom is -0.306 e. The lowest BCUT2D eigenvalue weighted by Crippen LogP contribution is -2.18. The number of carbonyl (C=O) groups is 1. The minimum atomic E-state index is -0.412. The zero-order valence-corrected chi connectivity index (χ0v) is 13.4. The number of rotatable bonds is 2. The molecule has 2 amide bonds. The summed E-state index contributed by atoms with van der Waals surface area (Å²) in [5, 5.41) is 2.75. The predicted octanol–water partition coefficient (Wildman–Crippen LogP) is 3.78. The Kier molecular flexibility index (Phi) is 4.26. The molecule has 0 bridgehead atoms. The van der Waals surface area contributed by atoms with Crippen molar-refractivity contribution in [1.29, 1.82) is 0 Å². The van der Waals surface area contributed by atoms with Crippen molar-refractivity contribution in [3.63, 3.8) is 0 Å². The van der Waals surface area contributed by atoms with E-state index in [1.54, 1.807) is 0 Å². The average Bonchev–Trinajstić information content (AvgIpc) is 2.85. The molecule has 2 aromatic carbocycles. The number of urea groups is 1. The van der Waals surface area contributed by atoms with Crippen LogP contribution in [0.2, 0.25) is 0 Å². The van der Waals surface area contributed by atoms with Crippen molar-refractivity contribution in [2.75, 3.05) is 5.32 Å². The van der Waals surface area contributed by atoms with Crippen LogP contribution in [0.15, 0.2) is 53.5 Å². The summed E-state index contributed by atoms with van der Waals surface area (Å²) in [7, 11) is 0. The Morgan fingerprint density at radius 1 is 1.30 bits per heavy atom. The van der Waals surface area contributed by atoms with E-state index in [2.05, 4.69) is 22.3 Å². The van der Waals surface area contributed by atoms with Gasteiger partial charge in [0.25, 0.3) is 0 Å². The van der Waals surface area contributed by atoms with E-state index in [1.807, 2.05) is 54.0 Å². The Morgan fingerprint density at radius 2 is 2.09 bits per heavy atom. The molecule has 4 nitrogen and oxygen atoms in total. The Bertz CT molecular complexity index is 961. The number of hydrogen-bond acceptors (Lipinski definition) is 2. The Morgan fingerprint density at radius 3 is 2.83 bits per heavy atom. The van der Waals surface area contributed by atoms with Gasteiger partial charge in [-0.15, -0.1) is 6.42 Å². The molecule has 3 aromatic rings. The lowest BCUT2D eigenvalue weighted by Gasteiger charge is -2.01. The van der Waals surface area contributed by atoms with Gasteiger partial charge in [0.2, 0.25) is 0 Å². The van der Waals surface area contributed by atoms with Crippen molar-refractivity contribution < 1.29 is 4.79 Å². The van der Waals surface area contributed by atoms with E-state index in [1.165, 1.54) is 11.3 Å². The van der Waals surface area contributed by atoms with Gasteiger partial charge in [-0.1, -0.05) is 41.5 Å². The molecule has 0 unspecified atom stereocenters.